The molecule has 0 bridgehead atoms. The first-order chi connectivity index (χ1) is 25.3. The molecule has 10 heteroatoms. The van der Waals surface area contributed by atoms with Crippen LogP contribution in [0.3, 0.4) is 0 Å². The zero-order chi connectivity index (χ0) is 38.1. The van der Waals surface area contributed by atoms with Crippen LogP contribution in [0.15, 0.2) is 86.8 Å². The number of benzene rings is 2. The van der Waals surface area contributed by atoms with E-state index in [0.29, 0.717) is 11.1 Å². The molecule has 0 spiro atoms. The molecule has 1 aromatic heterocycles. The molecule has 1 aliphatic carbocycles. The van der Waals surface area contributed by atoms with Crippen LogP contribution in [0.4, 0.5) is 11.4 Å². The molecule has 0 saturated heterocycles. The SMILES string of the molecule is CCCCN1/C(=C/C=C2\CCCC(/C=C/C3=[N+](CCCC)c4ccc(C(=O)O)cc4C3(C)C)=C2Sc2nnc(C)s2)C(C)(C)c2cc(C(=O)O)ccc21. The van der Waals surface area contributed by atoms with Gasteiger partial charge in [0.2, 0.25) is 5.69 Å². The average Bonchev–Trinajstić information content (AvgIpc) is 3.70. The first-order valence-corrected chi connectivity index (χ1v) is 20.4. The predicted octanol–water partition coefficient (Wildman–Crippen LogP) is 10.6. The summed E-state index contributed by atoms with van der Waals surface area (Å²) < 4.78 is 3.29. The van der Waals surface area contributed by atoms with Crippen molar-refractivity contribution >= 4 is 52.1 Å². The van der Waals surface area contributed by atoms with Crippen molar-refractivity contribution in [1.29, 1.82) is 0 Å². The maximum Gasteiger partial charge on any atom is 0.335 e. The lowest BCUT2D eigenvalue weighted by Gasteiger charge is -2.27. The Morgan fingerprint density at radius 1 is 0.906 bits per heavy atom. The molecule has 0 amide bonds. The Balaban J connectivity index is 1.45. The number of aromatic carboxylic acids is 2. The summed E-state index contributed by atoms with van der Waals surface area (Å²) in [4.78, 5) is 27.5. The summed E-state index contributed by atoms with van der Waals surface area (Å²) in [5, 5.41) is 29.3. The zero-order valence-electron chi connectivity index (χ0n) is 32.0. The molecule has 0 fully saturated rings. The molecule has 3 aliphatic rings. The molecule has 0 unspecified atom stereocenters. The van der Waals surface area contributed by atoms with E-state index in [0.717, 1.165) is 89.9 Å². The van der Waals surface area contributed by atoms with Gasteiger partial charge < -0.3 is 15.1 Å². The fourth-order valence-corrected chi connectivity index (χ4v) is 9.90. The molecule has 6 rings (SSSR count). The minimum Gasteiger partial charge on any atom is -0.478 e. The van der Waals surface area contributed by atoms with Crippen molar-refractivity contribution in [3.8, 4) is 0 Å². The van der Waals surface area contributed by atoms with Crippen LogP contribution in [0.5, 0.6) is 0 Å². The number of aromatic nitrogens is 2. The molecular weight excluding hydrogens is 701 g/mol. The molecular formula is C43H51N4O4S2+. The molecule has 0 atom stereocenters. The Labute approximate surface area is 321 Å². The minimum absolute atomic E-state index is 0.312. The summed E-state index contributed by atoms with van der Waals surface area (Å²) in [7, 11) is 0. The fourth-order valence-electron chi connectivity index (χ4n) is 7.85. The number of rotatable bonds is 13. The van der Waals surface area contributed by atoms with Crippen LogP contribution in [-0.4, -0.2) is 55.7 Å². The van der Waals surface area contributed by atoms with E-state index >= 15 is 0 Å². The third-order valence-corrected chi connectivity index (χ3v) is 12.9. The van der Waals surface area contributed by atoms with Crippen molar-refractivity contribution in [1.82, 2.24) is 10.2 Å². The monoisotopic (exact) mass is 751 g/mol. The van der Waals surface area contributed by atoms with E-state index in [2.05, 4.69) is 85.5 Å². The Kier molecular flexibility index (Phi) is 11.3. The topological polar surface area (TPSA) is 107 Å². The molecule has 278 valence electrons. The predicted molar refractivity (Wildman–Crippen MR) is 216 cm³/mol. The van der Waals surface area contributed by atoms with Crippen LogP contribution in [0, 0.1) is 6.92 Å². The molecule has 3 heterocycles. The van der Waals surface area contributed by atoms with Crippen molar-refractivity contribution in [2.45, 2.75) is 109 Å². The lowest BCUT2D eigenvalue weighted by atomic mass is 9.80. The lowest BCUT2D eigenvalue weighted by Crippen LogP contribution is -2.28. The summed E-state index contributed by atoms with van der Waals surface area (Å²) >= 11 is 3.29. The Morgan fingerprint density at radius 2 is 1.60 bits per heavy atom. The second-order valence-corrected chi connectivity index (χ2v) is 17.6. The molecule has 0 radical (unpaired) electrons. The van der Waals surface area contributed by atoms with Crippen molar-refractivity contribution in [2.24, 2.45) is 0 Å². The van der Waals surface area contributed by atoms with E-state index in [1.54, 1.807) is 35.2 Å². The van der Waals surface area contributed by atoms with Crippen LogP contribution < -0.4 is 4.90 Å². The van der Waals surface area contributed by atoms with Crippen LogP contribution in [0.1, 0.15) is 123 Å². The van der Waals surface area contributed by atoms with E-state index in [4.69, 9.17) is 0 Å². The van der Waals surface area contributed by atoms with Gasteiger partial charge in [-0.25, -0.2) is 9.59 Å². The highest BCUT2D eigenvalue weighted by atomic mass is 32.2. The summed E-state index contributed by atoms with van der Waals surface area (Å²) in [5.41, 5.74) is 8.96. The lowest BCUT2D eigenvalue weighted by molar-refractivity contribution is -0.438. The summed E-state index contributed by atoms with van der Waals surface area (Å²) in [6, 6.07) is 11.1. The van der Waals surface area contributed by atoms with Crippen LogP contribution in [0.25, 0.3) is 0 Å². The number of thioether (sulfide) groups is 1. The average molecular weight is 752 g/mol. The van der Waals surface area contributed by atoms with Gasteiger partial charge in [0.25, 0.3) is 0 Å². The zero-order valence-corrected chi connectivity index (χ0v) is 33.6. The number of nitrogens with zero attached hydrogens (tertiary/aromatic N) is 4. The Bertz CT molecular complexity index is 2100. The van der Waals surface area contributed by atoms with Gasteiger partial charge in [-0.2, -0.15) is 4.58 Å². The van der Waals surface area contributed by atoms with Gasteiger partial charge in [-0.1, -0.05) is 75.8 Å². The number of carboxylic acids is 2. The minimum atomic E-state index is -0.911. The van der Waals surface area contributed by atoms with E-state index in [-0.39, 0.29) is 10.8 Å². The normalized spacial score (nSPS) is 19.2. The quantitative estimate of drug-likeness (QED) is 0.166. The Morgan fingerprint density at radius 3 is 2.26 bits per heavy atom. The van der Waals surface area contributed by atoms with Crippen LogP contribution >= 0.6 is 23.1 Å². The fraction of sp³-hybridized carbons (Fsp3) is 0.419. The molecule has 2 aromatic carbocycles. The van der Waals surface area contributed by atoms with E-state index in [1.807, 2.05) is 31.2 Å². The second kappa shape index (κ2) is 15.6. The van der Waals surface area contributed by atoms with Gasteiger partial charge in [-0.05, 0) is 99.6 Å². The summed E-state index contributed by atoms with van der Waals surface area (Å²) in [6.45, 7) is 16.9. The smallest absolute Gasteiger partial charge is 0.335 e. The number of hydrogen-bond donors (Lipinski definition) is 2. The van der Waals surface area contributed by atoms with Crippen molar-refractivity contribution < 1.29 is 24.4 Å². The third kappa shape index (κ3) is 7.58. The number of carboxylic acid groups (broad SMARTS) is 2. The summed E-state index contributed by atoms with van der Waals surface area (Å²) in [6.07, 6.45) is 16.2. The van der Waals surface area contributed by atoms with Gasteiger partial charge in [0.1, 0.15) is 11.6 Å². The number of allylic oxidation sites excluding steroid dienone is 7. The van der Waals surface area contributed by atoms with Gasteiger partial charge in [0.15, 0.2) is 10.1 Å². The van der Waals surface area contributed by atoms with E-state index in [1.165, 1.54) is 27.5 Å². The highest BCUT2D eigenvalue weighted by Gasteiger charge is 2.45. The summed E-state index contributed by atoms with van der Waals surface area (Å²) in [5.74, 6) is -1.82. The van der Waals surface area contributed by atoms with Crippen LogP contribution in [0.2, 0.25) is 0 Å². The maximum atomic E-state index is 11.9. The highest BCUT2D eigenvalue weighted by Crippen LogP contribution is 2.49. The highest BCUT2D eigenvalue weighted by molar-refractivity contribution is 8.04. The number of anilines is 1. The Hall–Kier alpha value is -4.28. The van der Waals surface area contributed by atoms with Gasteiger partial charge in [-0.15, -0.1) is 10.2 Å². The number of fused-ring (bicyclic) bond motifs is 2. The maximum absolute atomic E-state index is 11.9. The molecule has 3 aromatic rings. The largest absolute Gasteiger partial charge is 0.478 e. The van der Waals surface area contributed by atoms with Crippen molar-refractivity contribution in [3.63, 3.8) is 0 Å². The molecule has 2 N–H and O–H groups in total. The first kappa shape index (κ1) is 38.4. The van der Waals surface area contributed by atoms with Crippen molar-refractivity contribution in [2.75, 3.05) is 18.0 Å². The molecule has 8 nitrogen and oxygen atoms in total. The standard InChI is InChI=1S/C43H50N4O4S2/c1-8-10-23-46-34-19-15-30(39(48)49)25-32(34)42(4,5)36(46)21-17-28-13-12-14-29(38(28)53-41-45-44-27(3)52-41)18-22-37-43(6,7)33-26-31(40(50)51)16-20-35(33)47(37)24-11-9-2/h15-22,25-26H,8-14,23-24H2,1-7H3,(H-,48,49,50,51)/p+1. The molecule has 53 heavy (non-hydrogen) atoms. The third-order valence-electron chi connectivity index (χ3n) is 10.8. The second-order valence-electron chi connectivity index (χ2n) is 15.2. The van der Waals surface area contributed by atoms with Gasteiger partial charge >= 0.3 is 11.9 Å². The number of unbranched alkanes of at least 4 members (excludes halogenated alkanes) is 2. The number of aryl methyl sites for hydroxylation is 1. The number of carbonyl (C=O) groups is 2. The molecule has 2 aliphatic heterocycles. The van der Waals surface area contributed by atoms with Crippen molar-refractivity contribution in [3.05, 3.63) is 110 Å². The van der Waals surface area contributed by atoms with Gasteiger partial charge in [0.05, 0.1) is 16.5 Å². The number of hydrogen-bond acceptors (Lipinski definition) is 7. The van der Waals surface area contributed by atoms with Gasteiger partial charge in [0, 0.05) is 52.4 Å². The van der Waals surface area contributed by atoms with Gasteiger partial charge in [-0.3, -0.25) is 0 Å². The van der Waals surface area contributed by atoms with E-state index < -0.39 is 11.9 Å². The molecule has 0 saturated carbocycles. The van der Waals surface area contributed by atoms with E-state index in [9.17, 15) is 19.8 Å². The first-order valence-electron chi connectivity index (χ1n) is 18.8. The van der Waals surface area contributed by atoms with Crippen LogP contribution in [-0.2, 0) is 10.8 Å².